The minimum atomic E-state index is -0.696. The molecule has 0 bridgehead atoms. The van der Waals surface area contributed by atoms with Crippen LogP contribution in [-0.4, -0.2) is 27.4 Å². The van der Waals surface area contributed by atoms with Crippen LogP contribution in [0.3, 0.4) is 0 Å². The molecule has 0 saturated heterocycles. The Hall–Kier alpha value is -0.510. The largest absolute Gasteiger partial charge is 0.481 e. The van der Waals surface area contributed by atoms with E-state index in [2.05, 4.69) is 18.8 Å². The van der Waals surface area contributed by atoms with E-state index in [1.165, 1.54) is 0 Å². The summed E-state index contributed by atoms with van der Waals surface area (Å²) in [5.74, 6) is -0.696. The molecule has 0 amide bonds. The highest BCUT2D eigenvalue weighted by Crippen LogP contribution is 2.36. The maximum Gasteiger partial charge on any atom is 0.303 e. The third kappa shape index (κ3) is 4.13. The molecule has 0 radical (unpaired) electrons. The molecular weight excluding hydrogens is 198 g/mol. The number of hydrogen-bond acceptors (Lipinski definition) is 3. The Kier molecular flexibility index (Phi) is 3.98. The summed E-state index contributed by atoms with van der Waals surface area (Å²) in [4.78, 5) is 14.7. The molecule has 0 saturated carbocycles. The first kappa shape index (κ1) is 11.6. The SMILES string of the molecule is CC1(C)N=CC(CCCCC(=O)O)S1. The van der Waals surface area contributed by atoms with Gasteiger partial charge in [0.1, 0.15) is 4.87 Å². The second kappa shape index (κ2) is 4.82. The molecule has 4 heteroatoms. The van der Waals surface area contributed by atoms with Gasteiger partial charge in [0.25, 0.3) is 0 Å². The van der Waals surface area contributed by atoms with Gasteiger partial charge < -0.3 is 5.11 Å². The summed E-state index contributed by atoms with van der Waals surface area (Å²) in [6.45, 7) is 4.21. The first-order chi connectivity index (χ1) is 6.49. The average Bonchev–Trinajstić information content (AvgIpc) is 2.39. The van der Waals surface area contributed by atoms with Crippen LogP contribution >= 0.6 is 11.8 Å². The lowest BCUT2D eigenvalue weighted by Crippen LogP contribution is -2.08. The van der Waals surface area contributed by atoms with Gasteiger partial charge in [-0.3, -0.25) is 9.79 Å². The van der Waals surface area contributed by atoms with Crippen LogP contribution in [0.25, 0.3) is 0 Å². The number of carbonyl (C=O) groups is 1. The third-order valence-electron chi connectivity index (χ3n) is 2.12. The minimum absolute atomic E-state index is 0.0253. The Bertz CT molecular complexity index is 238. The quantitative estimate of drug-likeness (QED) is 0.717. The highest BCUT2D eigenvalue weighted by molar-refractivity contribution is 8.02. The zero-order valence-electron chi connectivity index (χ0n) is 8.69. The third-order valence-corrected chi connectivity index (χ3v) is 3.46. The fraction of sp³-hybridized carbons (Fsp3) is 0.800. The van der Waals surface area contributed by atoms with Crippen molar-refractivity contribution < 1.29 is 9.90 Å². The number of thioether (sulfide) groups is 1. The van der Waals surface area contributed by atoms with Crippen LogP contribution in [0.15, 0.2) is 4.99 Å². The molecule has 1 aliphatic rings. The zero-order valence-corrected chi connectivity index (χ0v) is 9.51. The molecule has 0 fully saturated rings. The molecule has 0 aromatic heterocycles. The van der Waals surface area contributed by atoms with Crippen LogP contribution in [0, 0.1) is 0 Å². The average molecular weight is 215 g/mol. The van der Waals surface area contributed by atoms with E-state index in [0.29, 0.717) is 5.25 Å². The molecule has 0 aliphatic carbocycles. The number of aliphatic imine (C=N–C) groups is 1. The number of nitrogens with zero attached hydrogens (tertiary/aromatic N) is 1. The van der Waals surface area contributed by atoms with Crippen LogP contribution in [0.5, 0.6) is 0 Å². The van der Waals surface area contributed by atoms with E-state index in [0.717, 1.165) is 19.3 Å². The van der Waals surface area contributed by atoms with Gasteiger partial charge in [-0.2, -0.15) is 0 Å². The maximum atomic E-state index is 10.3. The molecule has 0 spiro atoms. The van der Waals surface area contributed by atoms with E-state index >= 15 is 0 Å². The summed E-state index contributed by atoms with van der Waals surface area (Å²) in [5, 5.41) is 8.94. The van der Waals surface area contributed by atoms with Crippen molar-refractivity contribution in [3.63, 3.8) is 0 Å². The van der Waals surface area contributed by atoms with Crippen molar-refractivity contribution in [2.75, 3.05) is 0 Å². The van der Waals surface area contributed by atoms with Gasteiger partial charge in [-0.25, -0.2) is 0 Å². The number of carboxylic acids is 1. The smallest absolute Gasteiger partial charge is 0.303 e. The number of hydrogen-bond donors (Lipinski definition) is 1. The number of unbranched alkanes of at least 4 members (excludes halogenated alkanes) is 1. The van der Waals surface area contributed by atoms with Crippen molar-refractivity contribution >= 4 is 23.9 Å². The normalized spacial score (nSPS) is 24.0. The number of rotatable bonds is 5. The lowest BCUT2D eigenvalue weighted by Gasteiger charge is -2.14. The van der Waals surface area contributed by atoms with Crippen molar-refractivity contribution in [3.05, 3.63) is 0 Å². The van der Waals surface area contributed by atoms with Gasteiger partial charge in [-0.15, -0.1) is 11.8 Å². The topological polar surface area (TPSA) is 49.7 Å². The predicted molar refractivity (Wildman–Crippen MR) is 60.1 cm³/mol. The van der Waals surface area contributed by atoms with Gasteiger partial charge in [0.15, 0.2) is 0 Å². The van der Waals surface area contributed by atoms with Crippen molar-refractivity contribution in [3.8, 4) is 0 Å². The van der Waals surface area contributed by atoms with E-state index < -0.39 is 5.97 Å². The van der Waals surface area contributed by atoms with Gasteiger partial charge in [-0.1, -0.05) is 6.42 Å². The molecule has 1 heterocycles. The Balaban J connectivity index is 2.10. The van der Waals surface area contributed by atoms with E-state index in [1.807, 2.05) is 18.0 Å². The van der Waals surface area contributed by atoms with Crippen molar-refractivity contribution in [1.82, 2.24) is 0 Å². The monoisotopic (exact) mass is 215 g/mol. The molecule has 1 unspecified atom stereocenters. The predicted octanol–water partition coefficient (Wildman–Crippen LogP) is 2.55. The second-order valence-electron chi connectivity index (χ2n) is 4.02. The number of carboxylic acid groups (broad SMARTS) is 1. The highest BCUT2D eigenvalue weighted by Gasteiger charge is 2.26. The van der Waals surface area contributed by atoms with Crippen LogP contribution in [-0.2, 0) is 4.79 Å². The van der Waals surface area contributed by atoms with E-state index in [-0.39, 0.29) is 11.3 Å². The van der Waals surface area contributed by atoms with Crippen molar-refractivity contribution in [1.29, 1.82) is 0 Å². The van der Waals surface area contributed by atoms with E-state index in [4.69, 9.17) is 5.11 Å². The minimum Gasteiger partial charge on any atom is -0.481 e. The Morgan fingerprint density at radius 3 is 2.79 bits per heavy atom. The highest BCUT2D eigenvalue weighted by atomic mass is 32.2. The van der Waals surface area contributed by atoms with Gasteiger partial charge in [-0.05, 0) is 26.7 Å². The summed E-state index contributed by atoms with van der Waals surface area (Å²) in [6, 6.07) is 0. The summed E-state index contributed by atoms with van der Waals surface area (Å²) in [6.07, 6.45) is 5.10. The summed E-state index contributed by atoms with van der Waals surface area (Å²) in [5.41, 5.74) is 0. The molecule has 3 nitrogen and oxygen atoms in total. The van der Waals surface area contributed by atoms with Gasteiger partial charge in [0.05, 0.1) is 0 Å². The Labute approximate surface area is 89.0 Å². The van der Waals surface area contributed by atoms with Crippen LogP contribution in [0.1, 0.15) is 39.5 Å². The summed E-state index contributed by atoms with van der Waals surface area (Å²) >= 11 is 1.86. The lowest BCUT2D eigenvalue weighted by atomic mass is 10.1. The number of aliphatic carboxylic acids is 1. The first-order valence-electron chi connectivity index (χ1n) is 4.94. The molecular formula is C10H17NO2S. The second-order valence-corrected chi connectivity index (χ2v) is 5.86. The fourth-order valence-corrected chi connectivity index (χ4v) is 2.72. The first-order valence-corrected chi connectivity index (χ1v) is 5.82. The molecule has 1 rings (SSSR count). The molecule has 14 heavy (non-hydrogen) atoms. The Morgan fingerprint density at radius 2 is 2.29 bits per heavy atom. The fourth-order valence-electron chi connectivity index (χ4n) is 1.45. The lowest BCUT2D eigenvalue weighted by molar-refractivity contribution is -0.137. The van der Waals surface area contributed by atoms with Gasteiger partial charge in [0, 0.05) is 17.9 Å². The van der Waals surface area contributed by atoms with Crippen LogP contribution < -0.4 is 0 Å². The molecule has 0 aromatic rings. The van der Waals surface area contributed by atoms with Crippen LogP contribution in [0.4, 0.5) is 0 Å². The maximum absolute atomic E-state index is 10.3. The van der Waals surface area contributed by atoms with Crippen molar-refractivity contribution in [2.24, 2.45) is 4.99 Å². The molecule has 1 N–H and O–H groups in total. The Morgan fingerprint density at radius 1 is 1.57 bits per heavy atom. The van der Waals surface area contributed by atoms with Crippen molar-refractivity contribution in [2.45, 2.75) is 49.7 Å². The zero-order chi connectivity index (χ0) is 10.6. The molecule has 1 atom stereocenters. The summed E-state index contributed by atoms with van der Waals surface area (Å²) in [7, 11) is 0. The van der Waals surface area contributed by atoms with Gasteiger partial charge in [0.2, 0.25) is 0 Å². The molecule has 80 valence electrons. The van der Waals surface area contributed by atoms with Gasteiger partial charge >= 0.3 is 5.97 Å². The molecule has 1 aliphatic heterocycles. The standard InChI is InChI=1S/C10H17NO2S/c1-10(2)11-7-8(14-10)5-3-4-6-9(12)13/h7-8H,3-6H2,1-2H3,(H,12,13). The van der Waals surface area contributed by atoms with E-state index in [1.54, 1.807) is 0 Å². The summed E-state index contributed by atoms with van der Waals surface area (Å²) < 4.78 is 0. The van der Waals surface area contributed by atoms with E-state index in [9.17, 15) is 4.79 Å². The van der Waals surface area contributed by atoms with Crippen LogP contribution in [0.2, 0.25) is 0 Å². The molecule has 0 aromatic carbocycles.